The van der Waals surface area contributed by atoms with Crippen molar-refractivity contribution in [2.24, 2.45) is 5.92 Å². The van der Waals surface area contributed by atoms with Gasteiger partial charge in [-0.05, 0) is 55.8 Å². The van der Waals surface area contributed by atoms with E-state index in [0.717, 1.165) is 18.0 Å². The SMILES string of the molecule is CC(C)CC(NCCCC(=O)O)C1(c2ccc(Cl)cc2)CCC1. The fourth-order valence-electron chi connectivity index (χ4n) is 3.67. The van der Waals surface area contributed by atoms with Crippen LogP contribution in [0.1, 0.15) is 57.9 Å². The molecule has 0 amide bonds. The fraction of sp³-hybridized carbons (Fsp3) is 0.632. The molecule has 4 heteroatoms. The van der Waals surface area contributed by atoms with Gasteiger partial charge in [-0.15, -0.1) is 0 Å². The quantitative estimate of drug-likeness (QED) is 0.646. The molecule has 0 spiro atoms. The topological polar surface area (TPSA) is 49.3 Å². The van der Waals surface area contributed by atoms with Crippen LogP contribution in [0.15, 0.2) is 24.3 Å². The number of aliphatic carboxylic acids is 1. The molecule has 1 aromatic rings. The molecular formula is C19H28ClNO2. The molecule has 1 unspecified atom stereocenters. The van der Waals surface area contributed by atoms with Crippen molar-refractivity contribution in [3.8, 4) is 0 Å². The summed E-state index contributed by atoms with van der Waals surface area (Å²) < 4.78 is 0. The van der Waals surface area contributed by atoms with Gasteiger partial charge in [-0.2, -0.15) is 0 Å². The van der Waals surface area contributed by atoms with Gasteiger partial charge in [0.2, 0.25) is 0 Å². The Labute approximate surface area is 144 Å². The van der Waals surface area contributed by atoms with Crippen molar-refractivity contribution in [1.29, 1.82) is 0 Å². The number of carboxylic acid groups (broad SMARTS) is 1. The van der Waals surface area contributed by atoms with Gasteiger partial charge >= 0.3 is 5.97 Å². The minimum absolute atomic E-state index is 0.179. The molecule has 3 nitrogen and oxygen atoms in total. The van der Waals surface area contributed by atoms with Crippen molar-refractivity contribution in [2.45, 2.75) is 63.8 Å². The maximum atomic E-state index is 10.7. The Hall–Kier alpha value is -1.06. The van der Waals surface area contributed by atoms with Gasteiger partial charge < -0.3 is 10.4 Å². The summed E-state index contributed by atoms with van der Waals surface area (Å²) in [4.78, 5) is 10.7. The van der Waals surface area contributed by atoms with Crippen molar-refractivity contribution in [2.75, 3.05) is 6.54 Å². The van der Waals surface area contributed by atoms with E-state index in [2.05, 4.69) is 31.3 Å². The fourth-order valence-corrected chi connectivity index (χ4v) is 3.80. The van der Waals surface area contributed by atoms with Gasteiger partial charge in [0.25, 0.3) is 0 Å². The number of hydrogen-bond donors (Lipinski definition) is 2. The van der Waals surface area contributed by atoms with Gasteiger partial charge in [0.1, 0.15) is 0 Å². The molecule has 0 heterocycles. The lowest BCUT2D eigenvalue weighted by atomic mass is 9.59. The summed E-state index contributed by atoms with van der Waals surface area (Å²) in [5, 5.41) is 13.2. The molecule has 128 valence electrons. The third-order valence-corrected chi connectivity index (χ3v) is 5.25. The first kappa shape index (κ1) is 18.3. The largest absolute Gasteiger partial charge is 0.481 e. The predicted molar refractivity (Wildman–Crippen MR) is 95.1 cm³/mol. The molecule has 1 aromatic carbocycles. The van der Waals surface area contributed by atoms with Crippen LogP contribution in [-0.2, 0) is 10.2 Å². The average molecular weight is 338 g/mol. The molecule has 1 aliphatic rings. The zero-order chi connectivity index (χ0) is 16.9. The van der Waals surface area contributed by atoms with E-state index in [-0.39, 0.29) is 11.8 Å². The molecule has 0 radical (unpaired) electrons. The highest BCUT2D eigenvalue weighted by molar-refractivity contribution is 6.30. The molecule has 0 aliphatic heterocycles. The van der Waals surface area contributed by atoms with Gasteiger partial charge in [0, 0.05) is 22.9 Å². The van der Waals surface area contributed by atoms with Crippen LogP contribution in [0.2, 0.25) is 5.02 Å². The molecular weight excluding hydrogens is 310 g/mol. The molecule has 23 heavy (non-hydrogen) atoms. The summed E-state index contributed by atoms with van der Waals surface area (Å²) in [6.45, 7) is 5.26. The van der Waals surface area contributed by atoms with E-state index in [0.29, 0.717) is 18.4 Å². The van der Waals surface area contributed by atoms with Gasteiger partial charge in [-0.25, -0.2) is 0 Å². The van der Waals surface area contributed by atoms with E-state index < -0.39 is 5.97 Å². The van der Waals surface area contributed by atoms with E-state index in [1.165, 1.54) is 24.8 Å². The lowest BCUT2D eigenvalue weighted by Crippen LogP contribution is -2.53. The highest BCUT2D eigenvalue weighted by Crippen LogP contribution is 2.48. The van der Waals surface area contributed by atoms with Gasteiger partial charge in [-0.1, -0.05) is 44.0 Å². The third kappa shape index (κ3) is 4.71. The maximum Gasteiger partial charge on any atom is 0.303 e. The van der Waals surface area contributed by atoms with Crippen LogP contribution in [0, 0.1) is 5.92 Å². The Bertz CT molecular complexity index is 509. The number of benzene rings is 1. The van der Waals surface area contributed by atoms with E-state index >= 15 is 0 Å². The first-order valence-corrected chi connectivity index (χ1v) is 9.03. The molecule has 0 saturated heterocycles. The van der Waals surface area contributed by atoms with E-state index in [9.17, 15) is 4.79 Å². The van der Waals surface area contributed by atoms with Crippen LogP contribution in [0.25, 0.3) is 0 Å². The van der Waals surface area contributed by atoms with Crippen molar-refractivity contribution in [3.05, 3.63) is 34.9 Å². The minimum Gasteiger partial charge on any atom is -0.481 e. The Morgan fingerprint density at radius 3 is 2.43 bits per heavy atom. The smallest absolute Gasteiger partial charge is 0.303 e. The monoisotopic (exact) mass is 337 g/mol. The zero-order valence-corrected chi connectivity index (χ0v) is 14.9. The number of hydrogen-bond acceptors (Lipinski definition) is 2. The molecule has 0 aromatic heterocycles. The van der Waals surface area contributed by atoms with Crippen molar-refractivity contribution in [3.63, 3.8) is 0 Å². The lowest BCUT2D eigenvalue weighted by molar-refractivity contribution is -0.137. The summed E-state index contributed by atoms with van der Waals surface area (Å²) in [6, 6.07) is 8.68. The van der Waals surface area contributed by atoms with Crippen LogP contribution in [-0.4, -0.2) is 23.7 Å². The number of carboxylic acids is 1. The second kappa shape index (κ2) is 8.16. The average Bonchev–Trinajstić information content (AvgIpc) is 2.43. The maximum absolute atomic E-state index is 10.7. The molecule has 1 aliphatic carbocycles. The molecule has 1 saturated carbocycles. The summed E-state index contributed by atoms with van der Waals surface area (Å²) >= 11 is 6.05. The first-order valence-electron chi connectivity index (χ1n) is 8.65. The number of halogens is 1. The van der Waals surface area contributed by atoms with Crippen molar-refractivity contribution < 1.29 is 9.90 Å². The Morgan fingerprint density at radius 1 is 1.30 bits per heavy atom. The number of nitrogens with one attached hydrogen (secondary N) is 1. The van der Waals surface area contributed by atoms with Crippen LogP contribution < -0.4 is 5.32 Å². The second-order valence-corrected chi connectivity index (χ2v) is 7.59. The Morgan fingerprint density at radius 2 is 1.96 bits per heavy atom. The van der Waals surface area contributed by atoms with Gasteiger partial charge in [0.05, 0.1) is 0 Å². The van der Waals surface area contributed by atoms with E-state index in [1.54, 1.807) is 0 Å². The molecule has 0 bridgehead atoms. The Balaban J connectivity index is 2.10. The molecule has 1 atom stereocenters. The zero-order valence-electron chi connectivity index (χ0n) is 14.1. The van der Waals surface area contributed by atoms with Crippen LogP contribution in [0.3, 0.4) is 0 Å². The summed E-state index contributed by atoms with van der Waals surface area (Å²) in [7, 11) is 0. The molecule has 2 rings (SSSR count). The predicted octanol–water partition coefficient (Wildman–Crippen LogP) is 4.63. The lowest BCUT2D eigenvalue weighted by Gasteiger charge is -2.49. The first-order chi connectivity index (χ1) is 10.9. The van der Waals surface area contributed by atoms with Crippen molar-refractivity contribution >= 4 is 17.6 Å². The Kier molecular flexibility index (Phi) is 6.49. The highest BCUT2D eigenvalue weighted by Gasteiger charge is 2.45. The molecule has 2 N–H and O–H groups in total. The number of rotatable bonds is 9. The minimum atomic E-state index is -0.719. The standard InChI is InChI=1S/C19H28ClNO2/c1-14(2)13-17(21-12-3-5-18(22)23)19(10-4-11-19)15-6-8-16(20)9-7-15/h6-9,14,17,21H,3-5,10-13H2,1-2H3,(H,22,23). The summed E-state index contributed by atoms with van der Waals surface area (Å²) in [5.74, 6) is -0.111. The van der Waals surface area contributed by atoms with Crippen molar-refractivity contribution in [1.82, 2.24) is 5.32 Å². The van der Waals surface area contributed by atoms with Crippen LogP contribution in [0.4, 0.5) is 0 Å². The van der Waals surface area contributed by atoms with Crippen LogP contribution >= 0.6 is 11.6 Å². The second-order valence-electron chi connectivity index (χ2n) is 7.15. The normalized spacial score (nSPS) is 17.7. The van der Waals surface area contributed by atoms with E-state index in [4.69, 9.17) is 16.7 Å². The van der Waals surface area contributed by atoms with Gasteiger partial charge in [-0.3, -0.25) is 4.79 Å². The summed E-state index contributed by atoms with van der Waals surface area (Å²) in [5.41, 5.74) is 1.54. The highest BCUT2D eigenvalue weighted by atomic mass is 35.5. The van der Waals surface area contributed by atoms with E-state index in [1.807, 2.05) is 12.1 Å². The summed E-state index contributed by atoms with van der Waals surface area (Å²) in [6.07, 6.45) is 5.66. The van der Waals surface area contributed by atoms with Gasteiger partial charge in [0.15, 0.2) is 0 Å². The molecule has 1 fully saturated rings. The van der Waals surface area contributed by atoms with Crippen LogP contribution in [0.5, 0.6) is 0 Å². The third-order valence-electron chi connectivity index (χ3n) is 5.00. The number of carbonyl (C=O) groups is 1.